The SMILES string of the molecule is COc1ccc(OC)c(C2CCCN2Cc2cccc3cccnc23)c1. The molecule has 4 rings (SSSR count). The van der Waals surface area contributed by atoms with Gasteiger partial charge in [-0.2, -0.15) is 0 Å². The van der Waals surface area contributed by atoms with Gasteiger partial charge >= 0.3 is 0 Å². The van der Waals surface area contributed by atoms with E-state index in [4.69, 9.17) is 9.47 Å². The first kappa shape index (κ1) is 16.9. The average molecular weight is 348 g/mol. The third-order valence-corrected chi connectivity index (χ3v) is 5.25. The Hall–Kier alpha value is -2.59. The second kappa shape index (κ2) is 7.34. The fourth-order valence-electron chi connectivity index (χ4n) is 3.98. The minimum atomic E-state index is 0.332. The van der Waals surface area contributed by atoms with Gasteiger partial charge in [-0.05, 0) is 49.2 Å². The molecule has 0 spiro atoms. The van der Waals surface area contributed by atoms with Crippen molar-refractivity contribution in [2.75, 3.05) is 20.8 Å². The van der Waals surface area contributed by atoms with E-state index in [2.05, 4.69) is 40.2 Å². The number of methoxy groups -OCH3 is 2. The molecule has 0 N–H and O–H groups in total. The standard InChI is InChI=1S/C22H24N2O2/c1-25-18-10-11-21(26-2)19(14-18)20-9-5-13-24(20)15-17-7-3-6-16-8-4-12-23-22(16)17/h3-4,6-8,10-12,14,20H,5,9,13,15H2,1-2H3. The molecule has 1 unspecified atom stereocenters. The lowest BCUT2D eigenvalue weighted by molar-refractivity contribution is 0.243. The van der Waals surface area contributed by atoms with E-state index >= 15 is 0 Å². The molecule has 1 saturated heterocycles. The van der Waals surface area contributed by atoms with Gasteiger partial charge < -0.3 is 9.47 Å². The quantitative estimate of drug-likeness (QED) is 0.675. The van der Waals surface area contributed by atoms with Crippen molar-refractivity contribution in [3.05, 3.63) is 65.9 Å². The molecular formula is C22H24N2O2. The zero-order chi connectivity index (χ0) is 17.9. The highest BCUT2D eigenvalue weighted by atomic mass is 16.5. The molecule has 4 heteroatoms. The lowest BCUT2D eigenvalue weighted by Gasteiger charge is -2.27. The topological polar surface area (TPSA) is 34.6 Å². The summed E-state index contributed by atoms with van der Waals surface area (Å²) in [5.41, 5.74) is 3.58. The van der Waals surface area contributed by atoms with Gasteiger partial charge in [0.05, 0.1) is 19.7 Å². The van der Waals surface area contributed by atoms with Crippen LogP contribution >= 0.6 is 0 Å². The molecule has 0 saturated carbocycles. The van der Waals surface area contributed by atoms with E-state index in [1.807, 2.05) is 24.4 Å². The Balaban J connectivity index is 1.67. The maximum atomic E-state index is 5.63. The first-order valence-electron chi connectivity index (χ1n) is 9.09. The number of hydrogen-bond donors (Lipinski definition) is 0. The summed E-state index contributed by atoms with van der Waals surface area (Å²) in [6.45, 7) is 1.97. The van der Waals surface area contributed by atoms with Crippen LogP contribution in [0.3, 0.4) is 0 Å². The summed E-state index contributed by atoms with van der Waals surface area (Å²) in [6.07, 6.45) is 4.18. The number of fused-ring (bicyclic) bond motifs is 1. The molecule has 1 atom stereocenters. The Labute approximate surface area is 154 Å². The summed E-state index contributed by atoms with van der Waals surface area (Å²) in [5, 5.41) is 1.19. The van der Waals surface area contributed by atoms with Gasteiger partial charge in [0.2, 0.25) is 0 Å². The smallest absolute Gasteiger partial charge is 0.123 e. The Kier molecular flexibility index (Phi) is 4.76. The second-order valence-corrected chi connectivity index (χ2v) is 6.73. The molecular weight excluding hydrogens is 324 g/mol. The molecule has 26 heavy (non-hydrogen) atoms. The van der Waals surface area contributed by atoms with Crippen LogP contribution in [0.25, 0.3) is 10.9 Å². The van der Waals surface area contributed by atoms with Crippen LogP contribution in [0.4, 0.5) is 0 Å². The van der Waals surface area contributed by atoms with Crippen molar-refractivity contribution in [1.29, 1.82) is 0 Å². The van der Waals surface area contributed by atoms with E-state index in [1.165, 1.54) is 22.9 Å². The minimum Gasteiger partial charge on any atom is -0.497 e. The number of hydrogen-bond acceptors (Lipinski definition) is 4. The van der Waals surface area contributed by atoms with Crippen molar-refractivity contribution in [3.8, 4) is 11.5 Å². The molecule has 3 aromatic rings. The van der Waals surface area contributed by atoms with Gasteiger partial charge in [-0.1, -0.05) is 24.3 Å². The highest BCUT2D eigenvalue weighted by Crippen LogP contribution is 2.39. The summed E-state index contributed by atoms with van der Waals surface area (Å²) in [6, 6.07) is 17.0. The predicted octanol–water partition coefficient (Wildman–Crippen LogP) is 4.59. The van der Waals surface area contributed by atoms with Crippen LogP contribution in [-0.2, 0) is 6.54 Å². The number of benzene rings is 2. The van der Waals surface area contributed by atoms with Crippen LogP contribution in [0.15, 0.2) is 54.7 Å². The molecule has 1 aliphatic heterocycles. The van der Waals surface area contributed by atoms with E-state index in [1.54, 1.807) is 14.2 Å². The maximum absolute atomic E-state index is 5.63. The van der Waals surface area contributed by atoms with Crippen LogP contribution in [0.1, 0.15) is 30.0 Å². The maximum Gasteiger partial charge on any atom is 0.123 e. The molecule has 0 aliphatic carbocycles. The average Bonchev–Trinajstić information content (AvgIpc) is 3.15. The van der Waals surface area contributed by atoms with Gasteiger partial charge in [0, 0.05) is 29.7 Å². The van der Waals surface area contributed by atoms with Crippen LogP contribution in [0.2, 0.25) is 0 Å². The number of ether oxygens (including phenoxy) is 2. The normalized spacial score (nSPS) is 17.5. The highest BCUT2D eigenvalue weighted by Gasteiger charge is 2.29. The molecule has 2 heterocycles. The predicted molar refractivity (Wildman–Crippen MR) is 104 cm³/mol. The lowest BCUT2D eigenvalue weighted by Crippen LogP contribution is -2.23. The van der Waals surface area contributed by atoms with Crippen molar-refractivity contribution in [2.45, 2.75) is 25.4 Å². The van der Waals surface area contributed by atoms with E-state index in [-0.39, 0.29) is 0 Å². The largest absolute Gasteiger partial charge is 0.497 e. The molecule has 0 bridgehead atoms. The van der Waals surface area contributed by atoms with Gasteiger partial charge in [0.15, 0.2) is 0 Å². The summed E-state index contributed by atoms with van der Waals surface area (Å²) in [4.78, 5) is 7.14. The van der Waals surface area contributed by atoms with E-state index in [0.717, 1.165) is 36.5 Å². The first-order valence-corrected chi connectivity index (χ1v) is 9.09. The van der Waals surface area contributed by atoms with Gasteiger partial charge in [-0.25, -0.2) is 0 Å². The van der Waals surface area contributed by atoms with Crippen molar-refractivity contribution in [2.24, 2.45) is 0 Å². The summed E-state index contributed by atoms with van der Waals surface area (Å²) >= 11 is 0. The number of aromatic nitrogens is 1. The molecule has 1 fully saturated rings. The monoisotopic (exact) mass is 348 g/mol. The Bertz CT molecular complexity index is 904. The molecule has 1 aliphatic rings. The van der Waals surface area contributed by atoms with Crippen molar-refractivity contribution >= 4 is 10.9 Å². The zero-order valence-corrected chi connectivity index (χ0v) is 15.3. The van der Waals surface area contributed by atoms with E-state index < -0.39 is 0 Å². The van der Waals surface area contributed by atoms with Crippen LogP contribution < -0.4 is 9.47 Å². The van der Waals surface area contributed by atoms with Gasteiger partial charge in [-0.15, -0.1) is 0 Å². The number of nitrogens with zero attached hydrogens (tertiary/aromatic N) is 2. The van der Waals surface area contributed by atoms with Crippen molar-refractivity contribution < 1.29 is 9.47 Å². The van der Waals surface area contributed by atoms with Gasteiger partial charge in [-0.3, -0.25) is 9.88 Å². The number of rotatable bonds is 5. The Morgan fingerprint density at radius 3 is 2.81 bits per heavy atom. The second-order valence-electron chi connectivity index (χ2n) is 6.73. The van der Waals surface area contributed by atoms with Gasteiger partial charge in [0.25, 0.3) is 0 Å². The van der Waals surface area contributed by atoms with Crippen LogP contribution in [0, 0.1) is 0 Å². The molecule has 0 amide bonds. The Morgan fingerprint density at radius 2 is 1.96 bits per heavy atom. The third kappa shape index (κ3) is 3.13. The fraction of sp³-hybridized carbons (Fsp3) is 0.318. The van der Waals surface area contributed by atoms with Crippen LogP contribution in [0.5, 0.6) is 11.5 Å². The van der Waals surface area contributed by atoms with E-state index in [9.17, 15) is 0 Å². The van der Waals surface area contributed by atoms with Crippen LogP contribution in [-0.4, -0.2) is 30.6 Å². The molecule has 0 radical (unpaired) electrons. The molecule has 2 aromatic carbocycles. The highest BCUT2D eigenvalue weighted by molar-refractivity contribution is 5.81. The number of likely N-dealkylation sites (tertiary alicyclic amines) is 1. The molecule has 4 nitrogen and oxygen atoms in total. The first-order chi connectivity index (χ1) is 12.8. The van der Waals surface area contributed by atoms with Crippen molar-refractivity contribution in [3.63, 3.8) is 0 Å². The summed E-state index contributed by atoms with van der Waals surface area (Å²) < 4.78 is 11.1. The third-order valence-electron chi connectivity index (χ3n) is 5.25. The van der Waals surface area contributed by atoms with Crippen molar-refractivity contribution in [1.82, 2.24) is 9.88 Å². The summed E-state index contributed by atoms with van der Waals surface area (Å²) in [5.74, 6) is 1.80. The zero-order valence-electron chi connectivity index (χ0n) is 15.3. The summed E-state index contributed by atoms with van der Waals surface area (Å²) in [7, 11) is 3.44. The lowest BCUT2D eigenvalue weighted by atomic mass is 10.0. The minimum absolute atomic E-state index is 0.332. The van der Waals surface area contributed by atoms with E-state index in [0.29, 0.717) is 6.04 Å². The fourth-order valence-corrected chi connectivity index (χ4v) is 3.98. The number of pyridine rings is 1. The number of para-hydroxylation sites is 1. The molecule has 134 valence electrons. The Morgan fingerprint density at radius 1 is 1.08 bits per heavy atom. The molecule has 1 aromatic heterocycles. The van der Waals surface area contributed by atoms with Gasteiger partial charge in [0.1, 0.15) is 11.5 Å².